The SMILES string of the molecule is CC(=CCCOC(=O)Cn1nc(C(C)C)cc1-c1ccc(-c2ccc3c(c2)S(=O)(=O)OC3)cc1)c1cc(-c2ccc(-c3ccc4c(c3)S(=O)(=O)OC4)cc2)n(CC(=O)O)n1. The summed E-state index contributed by atoms with van der Waals surface area (Å²) >= 11 is 0. The standard InChI is InChI=1S/C44H40N4O10S2/c1-27(2)37-21-39(31-10-6-29(7-11-31)33-14-16-35-25-57-59(52,53)41(35)19-33)48(45-37)24-44(51)56-18-4-5-28(3)38-22-40(47(46-38)23-43(49)50)32-12-8-30(9-13-32)34-15-17-36-26-58-60(54,55)42(36)20-34/h5-17,19-22,27H,4,18,23-26H2,1-3H3,(H,49,50). The summed E-state index contributed by atoms with van der Waals surface area (Å²) in [5.41, 5.74) is 9.30. The monoisotopic (exact) mass is 848 g/mol. The molecular weight excluding hydrogens is 809 g/mol. The number of hydrogen-bond donors (Lipinski definition) is 1. The lowest BCUT2D eigenvalue weighted by atomic mass is 10.0. The van der Waals surface area contributed by atoms with E-state index in [-0.39, 0.29) is 48.6 Å². The molecule has 14 nitrogen and oxygen atoms in total. The number of rotatable bonds is 13. The molecule has 0 aliphatic carbocycles. The van der Waals surface area contributed by atoms with Crippen LogP contribution in [0, 0.1) is 0 Å². The minimum Gasteiger partial charge on any atom is -0.480 e. The van der Waals surface area contributed by atoms with Crippen molar-refractivity contribution in [3.8, 4) is 44.8 Å². The Morgan fingerprint density at radius 1 is 0.700 bits per heavy atom. The van der Waals surface area contributed by atoms with Crippen molar-refractivity contribution in [2.24, 2.45) is 0 Å². The van der Waals surface area contributed by atoms with E-state index in [0.29, 0.717) is 34.5 Å². The van der Waals surface area contributed by atoms with Crippen molar-refractivity contribution in [2.75, 3.05) is 6.61 Å². The third kappa shape index (κ3) is 8.31. The predicted octanol–water partition coefficient (Wildman–Crippen LogP) is 7.43. The highest BCUT2D eigenvalue weighted by Gasteiger charge is 2.29. The molecule has 0 fully saturated rings. The number of ether oxygens (including phenoxy) is 1. The summed E-state index contributed by atoms with van der Waals surface area (Å²) in [6.07, 6.45) is 2.26. The van der Waals surface area contributed by atoms with Crippen molar-refractivity contribution in [1.82, 2.24) is 19.6 Å². The fraction of sp³-hybridized carbons (Fsp3) is 0.227. The number of hydrogen-bond acceptors (Lipinski definition) is 11. The van der Waals surface area contributed by atoms with Crippen LogP contribution in [0.25, 0.3) is 50.3 Å². The molecular formula is C44H40N4O10S2. The third-order valence-electron chi connectivity index (χ3n) is 10.4. The second kappa shape index (κ2) is 16.1. The minimum atomic E-state index is -3.78. The number of esters is 1. The number of fused-ring (bicyclic) bond motifs is 2. The topological polar surface area (TPSA) is 186 Å². The van der Waals surface area contributed by atoms with Crippen LogP contribution in [0.15, 0.2) is 113 Å². The van der Waals surface area contributed by atoms with E-state index < -0.39 is 32.2 Å². The van der Waals surface area contributed by atoms with E-state index >= 15 is 0 Å². The lowest BCUT2D eigenvalue weighted by Crippen LogP contribution is -2.16. The van der Waals surface area contributed by atoms with Gasteiger partial charge < -0.3 is 9.84 Å². The number of aliphatic carboxylic acids is 1. The predicted molar refractivity (Wildman–Crippen MR) is 221 cm³/mol. The van der Waals surface area contributed by atoms with Gasteiger partial charge in [-0.1, -0.05) is 92.7 Å². The minimum absolute atomic E-state index is 0.0189. The van der Waals surface area contributed by atoms with Crippen LogP contribution in [0.2, 0.25) is 0 Å². The summed E-state index contributed by atoms with van der Waals surface area (Å²) in [6, 6.07) is 29.1. The summed E-state index contributed by atoms with van der Waals surface area (Å²) in [5.74, 6) is -1.41. The van der Waals surface area contributed by atoms with E-state index in [1.54, 1.807) is 35.0 Å². The van der Waals surface area contributed by atoms with E-state index in [1.807, 2.05) is 93.6 Å². The highest BCUT2D eigenvalue weighted by atomic mass is 32.2. The average molecular weight is 849 g/mol. The molecule has 308 valence electrons. The Morgan fingerprint density at radius 3 is 1.70 bits per heavy atom. The molecule has 0 unspecified atom stereocenters. The first-order chi connectivity index (χ1) is 28.6. The highest BCUT2D eigenvalue weighted by molar-refractivity contribution is 7.87. The Balaban J connectivity index is 0.921. The number of carboxylic acid groups (broad SMARTS) is 1. The molecule has 4 heterocycles. The smallest absolute Gasteiger partial charge is 0.327 e. The van der Waals surface area contributed by atoms with Crippen molar-refractivity contribution in [3.63, 3.8) is 0 Å². The van der Waals surface area contributed by atoms with Gasteiger partial charge in [0, 0.05) is 17.5 Å². The zero-order chi connectivity index (χ0) is 42.3. The molecule has 4 aromatic carbocycles. The lowest BCUT2D eigenvalue weighted by molar-refractivity contribution is -0.144. The molecule has 0 atom stereocenters. The molecule has 2 aromatic heterocycles. The van der Waals surface area contributed by atoms with Gasteiger partial charge in [-0.15, -0.1) is 0 Å². The van der Waals surface area contributed by atoms with Gasteiger partial charge in [0.25, 0.3) is 20.2 Å². The number of carbonyl (C=O) groups is 2. The van der Waals surface area contributed by atoms with Crippen LogP contribution in [0.4, 0.5) is 0 Å². The first-order valence-electron chi connectivity index (χ1n) is 19.1. The van der Waals surface area contributed by atoms with Crippen LogP contribution in [0.5, 0.6) is 0 Å². The Morgan fingerprint density at radius 2 is 1.18 bits per heavy atom. The first kappa shape index (κ1) is 40.6. The zero-order valence-corrected chi connectivity index (χ0v) is 34.5. The molecule has 2 aliphatic heterocycles. The highest BCUT2D eigenvalue weighted by Crippen LogP contribution is 2.35. The van der Waals surface area contributed by atoms with Gasteiger partial charge in [0.2, 0.25) is 0 Å². The number of carbonyl (C=O) groups excluding carboxylic acids is 1. The number of benzene rings is 4. The van der Waals surface area contributed by atoms with Crippen molar-refractivity contribution >= 4 is 37.7 Å². The summed E-state index contributed by atoms with van der Waals surface area (Å²) in [7, 11) is -7.53. The quantitative estimate of drug-likeness (QED) is 0.0690. The van der Waals surface area contributed by atoms with Gasteiger partial charge in [-0.05, 0) is 76.1 Å². The second-order valence-electron chi connectivity index (χ2n) is 14.9. The maximum Gasteiger partial charge on any atom is 0.327 e. The largest absolute Gasteiger partial charge is 0.480 e. The molecule has 0 radical (unpaired) electrons. The zero-order valence-electron chi connectivity index (χ0n) is 32.9. The summed E-state index contributed by atoms with van der Waals surface area (Å²) in [6.45, 7) is 5.57. The number of nitrogens with zero attached hydrogens (tertiary/aromatic N) is 4. The van der Waals surface area contributed by atoms with Gasteiger partial charge in [-0.3, -0.25) is 27.3 Å². The van der Waals surface area contributed by atoms with Gasteiger partial charge in [0.1, 0.15) is 22.9 Å². The van der Waals surface area contributed by atoms with Gasteiger partial charge in [0.05, 0.1) is 42.6 Å². The molecule has 16 heteroatoms. The van der Waals surface area contributed by atoms with Gasteiger partial charge in [-0.2, -0.15) is 27.0 Å². The number of aromatic nitrogens is 4. The van der Waals surface area contributed by atoms with E-state index in [0.717, 1.165) is 44.8 Å². The molecule has 0 spiro atoms. The molecule has 0 saturated carbocycles. The molecule has 0 saturated heterocycles. The van der Waals surface area contributed by atoms with Crippen LogP contribution in [-0.2, 0) is 69.2 Å². The normalized spacial score (nSPS) is 15.2. The Kier molecular flexibility index (Phi) is 10.9. The molecule has 6 aromatic rings. The molecule has 2 aliphatic rings. The Hall–Kier alpha value is -6.20. The van der Waals surface area contributed by atoms with Crippen LogP contribution < -0.4 is 0 Å². The van der Waals surface area contributed by atoms with Crippen LogP contribution in [0.3, 0.4) is 0 Å². The van der Waals surface area contributed by atoms with E-state index in [4.69, 9.17) is 18.2 Å². The van der Waals surface area contributed by atoms with E-state index in [1.165, 1.54) is 4.68 Å². The van der Waals surface area contributed by atoms with Crippen molar-refractivity contribution < 1.29 is 44.6 Å². The van der Waals surface area contributed by atoms with Crippen LogP contribution in [0.1, 0.15) is 55.6 Å². The molecule has 1 N–H and O–H groups in total. The van der Waals surface area contributed by atoms with Gasteiger partial charge in [-0.25, -0.2) is 0 Å². The number of allylic oxidation sites excluding steroid dienone is 1. The van der Waals surface area contributed by atoms with E-state index in [9.17, 15) is 31.5 Å². The van der Waals surface area contributed by atoms with Crippen LogP contribution in [-0.4, -0.2) is 60.0 Å². The molecule has 0 amide bonds. The Labute approximate surface area is 346 Å². The van der Waals surface area contributed by atoms with Crippen molar-refractivity contribution in [2.45, 2.75) is 69.2 Å². The fourth-order valence-corrected chi connectivity index (χ4v) is 9.39. The second-order valence-corrected chi connectivity index (χ2v) is 18.0. The summed E-state index contributed by atoms with van der Waals surface area (Å²) in [5, 5.41) is 18.9. The summed E-state index contributed by atoms with van der Waals surface area (Å²) < 4.78 is 67.6. The Bertz CT molecular complexity index is 2910. The van der Waals surface area contributed by atoms with Crippen LogP contribution >= 0.6 is 0 Å². The average Bonchev–Trinajstić information content (AvgIpc) is 3.99. The first-order valence-corrected chi connectivity index (χ1v) is 21.9. The van der Waals surface area contributed by atoms with Gasteiger partial charge in [0.15, 0.2) is 0 Å². The molecule has 0 bridgehead atoms. The maximum atomic E-state index is 13.1. The van der Waals surface area contributed by atoms with E-state index in [2.05, 4.69) is 5.10 Å². The maximum absolute atomic E-state index is 13.1. The van der Waals surface area contributed by atoms with Gasteiger partial charge >= 0.3 is 11.9 Å². The molecule has 60 heavy (non-hydrogen) atoms. The van der Waals surface area contributed by atoms with Crippen molar-refractivity contribution in [3.05, 3.63) is 126 Å². The number of carboxylic acids is 1. The third-order valence-corrected chi connectivity index (χ3v) is 13.1. The fourth-order valence-electron chi connectivity index (χ4n) is 7.13. The molecule has 8 rings (SSSR count). The lowest BCUT2D eigenvalue weighted by Gasteiger charge is -2.09. The summed E-state index contributed by atoms with van der Waals surface area (Å²) in [4.78, 5) is 25.2. The van der Waals surface area contributed by atoms with Crippen molar-refractivity contribution in [1.29, 1.82) is 0 Å².